The highest BCUT2D eigenvalue weighted by atomic mass is 32.2. The zero-order chi connectivity index (χ0) is 14.1. The molecule has 1 aromatic rings. The lowest BCUT2D eigenvalue weighted by Crippen LogP contribution is -2.31. The molecule has 0 aliphatic heterocycles. The summed E-state index contributed by atoms with van der Waals surface area (Å²) in [5.41, 5.74) is 5.49. The first-order valence-corrected chi connectivity index (χ1v) is 8.47. The van der Waals surface area contributed by atoms with Gasteiger partial charge in [-0.1, -0.05) is 0 Å². The number of aromatic nitrogens is 2. The van der Waals surface area contributed by atoms with E-state index in [1.807, 2.05) is 0 Å². The van der Waals surface area contributed by atoms with E-state index < -0.39 is 19.9 Å². The number of anilines is 1. The number of rotatable bonds is 5. The maximum Gasteiger partial charge on any atom is 0.248 e. The van der Waals surface area contributed by atoms with Gasteiger partial charge in [0.25, 0.3) is 0 Å². The van der Waals surface area contributed by atoms with Gasteiger partial charge in [-0.05, 0) is 0 Å². The number of hydrogen-bond acceptors (Lipinski definition) is 6. The van der Waals surface area contributed by atoms with Crippen molar-refractivity contribution < 1.29 is 16.8 Å². The predicted molar refractivity (Wildman–Crippen MR) is 67.1 cm³/mol. The minimum absolute atomic E-state index is 0.108. The quantitative estimate of drug-likeness (QED) is 0.719. The van der Waals surface area contributed by atoms with Gasteiger partial charge in [0, 0.05) is 33.1 Å². The number of sulfone groups is 1. The molecule has 18 heavy (non-hydrogen) atoms. The average molecular weight is 296 g/mol. The summed E-state index contributed by atoms with van der Waals surface area (Å²) in [5, 5.41) is 3.74. The maximum absolute atomic E-state index is 12.1. The number of nitrogens with zero attached hydrogens (tertiary/aromatic N) is 3. The molecule has 0 aliphatic rings. The predicted octanol–water partition coefficient (Wildman–Crippen LogP) is -1.33. The molecule has 10 heteroatoms. The Bertz CT molecular complexity index is 632. The molecule has 104 valence electrons. The summed E-state index contributed by atoms with van der Waals surface area (Å²) in [6, 6.07) is 0. The van der Waals surface area contributed by atoms with Crippen molar-refractivity contribution in [3.63, 3.8) is 0 Å². The van der Waals surface area contributed by atoms with E-state index >= 15 is 0 Å². The highest BCUT2D eigenvalue weighted by Gasteiger charge is 2.26. The van der Waals surface area contributed by atoms with E-state index in [1.54, 1.807) is 7.05 Å². The second-order valence-electron chi connectivity index (χ2n) is 4.01. The van der Waals surface area contributed by atoms with Crippen molar-refractivity contribution in [1.29, 1.82) is 0 Å². The molecule has 0 spiro atoms. The Balaban J connectivity index is 2.97. The average Bonchev–Trinajstić information content (AvgIpc) is 2.53. The maximum atomic E-state index is 12.1. The van der Waals surface area contributed by atoms with Crippen molar-refractivity contribution in [2.24, 2.45) is 7.05 Å². The van der Waals surface area contributed by atoms with Gasteiger partial charge in [-0.2, -0.15) is 9.40 Å². The molecule has 0 unspecified atom stereocenters. The van der Waals surface area contributed by atoms with E-state index in [1.165, 1.54) is 17.9 Å². The first-order chi connectivity index (χ1) is 8.04. The lowest BCUT2D eigenvalue weighted by molar-refractivity contribution is 0.485. The Labute approximate surface area is 106 Å². The zero-order valence-electron chi connectivity index (χ0n) is 10.4. The number of aryl methyl sites for hydroxylation is 1. The smallest absolute Gasteiger partial charge is 0.248 e. The summed E-state index contributed by atoms with van der Waals surface area (Å²) in [5.74, 6) is -0.355. The molecule has 0 amide bonds. The van der Waals surface area contributed by atoms with Gasteiger partial charge in [-0.3, -0.25) is 4.68 Å². The van der Waals surface area contributed by atoms with Crippen LogP contribution >= 0.6 is 0 Å². The van der Waals surface area contributed by atoms with Crippen molar-refractivity contribution in [1.82, 2.24) is 14.1 Å². The fraction of sp³-hybridized carbons (Fsp3) is 0.625. The van der Waals surface area contributed by atoms with E-state index in [-0.39, 0.29) is 23.0 Å². The van der Waals surface area contributed by atoms with Crippen LogP contribution in [0.5, 0.6) is 0 Å². The fourth-order valence-corrected chi connectivity index (χ4v) is 3.24. The third kappa shape index (κ3) is 3.43. The molecule has 1 aromatic heterocycles. The van der Waals surface area contributed by atoms with Crippen LogP contribution in [0, 0.1) is 0 Å². The summed E-state index contributed by atoms with van der Waals surface area (Å²) in [7, 11) is -4.19. The van der Waals surface area contributed by atoms with E-state index in [9.17, 15) is 16.8 Å². The van der Waals surface area contributed by atoms with Crippen molar-refractivity contribution in [2.45, 2.75) is 4.90 Å². The summed E-state index contributed by atoms with van der Waals surface area (Å²) in [6.07, 6.45) is 2.33. The van der Waals surface area contributed by atoms with Crippen LogP contribution in [0.2, 0.25) is 0 Å². The van der Waals surface area contributed by atoms with Crippen LogP contribution in [0.4, 0.5) is 5.82 Å². The number of hydrogen-bond donors (Lipinski definition) is 1. The monoisotopic (exact) mass is 296 g/mol. The molecule has 1 rings (SSSR count). The van der Waals surface area contributed by atoms with E-state index in [4.69, 9.17) is 5.73 Å². The number of sulfonamides is 1. The molecular formula is C8H16N4O4S2. The van der Waals surface area contributed by atoms with E-state index in [2.05, 4.69) is 5.10 Å². The van der Waals surface area contributed by atoms with E-state index in [0.29, 0.717) is 0 Å². The Kier molecular flexibility index (Phi) is 4.03. The van der Waals surface area contributed by atoms with Gasteiger partial charge in [-0.25, -0.2) is 16.8 Å². The van der Waals surface area contributed by atoms with Gasteiger partial charge in [0.2, 0.25) is 10.0 Å². The zero-order valence-corrected chi connectivity index (χ0v) is 12.0. The highest BCUT2D eigenvalue weighted by Crippen LogP contribution is 2.19. The molecular weight excluding hydrogens is 280 g/mol. The van der Waals surface area contributed by atoms with Crippen LogP contribution in [0.3, 0.4) is 0 Å². The topological polar surface area (TPSA) is 115 Å². The molecule has 0 radical (unpaired) electrons. The van der Waals surface area contributed by atoms with Crippen molar-refractivity contribution in [3.05, 3.63) is 6.20 Å². The van der Waals surface area contributed by atoms with Gasteiger partial charge in [0.05, 0.1) is 5.75 Å². The first kappa shape index (κ1) is 14.9. The van der Waals surface area contributed by atoms with Gasteiger partial charge >= 0.3 is 0 Å². The Morgan fingerprint density at radius 1 is 1.39 bits per heavy atom. The largest absolute Gasteiger partial charge is 0.381 e. The summed E-state index contributed by atoms with van der Waals surface area (Å²) in [6.45, 7) is -0.129. The molecule has 0 fully saturated rings. The molecule has 0 atom stereocenters. The third-order valence-electron chi connectivity index (χ3n) is 2.29. The third-order valence-corrected chi connectivity index (χ3v) is 5.08. The summed E-state index contributed by atoms with van der Waals surface area (Å²) in [4.78, 5) is -0.124. The molecule has 0 saturated heterocycles. The Hall–Kier alpha value is -1.13. The van der Waals surface area contributed by atoms with Gasteiger partial charge in [0.15, 0.2) is 5.82 Å². The summed E-state index contributed by atoms with van der Waals surface area (Å²) < 4.78 is 48.4. The lowest BCUT2D eigenvalue weighted by Gasteiger charge is -2.15. The molecule has 0 aliphatic carbocycles. The van der Waals surface area contributed by atoms with E-state index in [0.717, 1.165) is 10.6 Å². The van der Waals surface area contributed by atoms with Crippen molar-refractivity contribution in [3.8, 4) is 0 Å². The minimum atomic E-state index is -3.81. The SMILES string of the molecule is CN(CCS(C)(=O)=O)S(=O)(=O)c1cn(C)nc1N. The van der Waals surface area contributed by atoms with Crippen LogP contribution in [0.1, 0.15) is 0 Å². The fourth-order valence-electron chi connectivity index (χ4n) is 1.27. The Morgan fingerprint density at radius 2 is 1.94 bits per heavy atom. The normalized spacial score (nSPS) is 13.1. The second-order valence-corrected chi connectivity index (χ2v) is 8.28. The lowest BCUT2D eigenvalue weighted by atomic mass is 10.7. The minimum Gasteiger partial charge on any atom is -0.381 e. The van der Waals surface area contributed by atoms with Gasteiger partial charge in [0.1, 0.15) is 14.7 Å². The molecule has 0 bridgehead atoms. The number of nitrogen functional groups attached to an aromatic ring is 1. The molecule has 2 N–H and O–H groups in total. The van der Waals surface area contributed by atoms with Crippen LogP contribution < -0.4 is 5.73 Å². The summed E-state index contributed by atoms with van der Waals surface area (Å²) >= 11 is 0. The molecule has 8 nitrogen and oxygen atoms in total. The molecule has 0 aromatic carbocycles. The van der Waals surface area contributed by atoms with Gasteiger partial charge in [-0.15, -0.1) is 0 Å². The first-order valence-electron chi connectivity index (χ1n) is 4.97. The standard InChI is InChI=1S/C8H16N4O4S2/c1-11-6-7(8(9)10-11)18(15,16)12(2)4-5-17(3,13)14/h6H,4-5H2,1-3H3,(H2,9,10). The van der Waals surface area contributed by atoms with Crippen LogP contribution in [0.15, 0.2) is 11.1 Å². The molecule has 1 heterocycles. The second kappa shape index (κ2) is 4.86. The highest BCUT2D eigenvalue weighted by molar-refractivity contribution is 7.91. The van der Waals surface area contributed by atoms with Crippen LogP contribution in [-0.2, 0) is 26.9 Å². The van der Waals surface area contributed by atoms with Crippen LogP contribution in [0.25, 0.3) is 0 Å². The van der Waals surface area contributed by atoms with Gasteiger partial charge < -0.3 is 5.73 Å². The molecule has 0 saturated carbocycles. The van der Waals surface area contributed by atoms with Crippen molar-refractivity contribution >= 4 is 25.7 Å². The Morgan fingerprint density at radius 3 is 2.33 bits per heavy atom. The van der Waals surface area contributed by atoms with Crippen LogP contribution in [-0.4, -0.2) is 56.5 Å². The van der Waals surface area contributed by atoms with Crippen molar-refractivity contribution in [2.75, 3.05) is 31.3 Å². The number of nitrogens with two attached hydrogens (primary N) is 1.